The Bertz CT molecular complexity index is 1010. The zero-order valence-corrected chi connectivity index (χ0v) is 15.7. The number of thioether (sulfide) groups is 1. The van der Waals surface area contributed by atoms with Crippen molar-refractivity contribution in [3.8, 4) is 11.3 Å². The number of halogens is 1. The highest BCUT2D eigenvalue weighted by Gasteiger charge is 2.33. The first-order valence-electron chi connectivity index (χ1n) is 7.36. The molecule has 0 aliphatic carbocycles. The van der Waals surface area contributed by atoms with E-state index in [2.05, 4.69) is 0 Å². The molecule has 1 amide bonds. The first-order chi connectivity index (χ1) is 12.8. The number of nitrogens with zero attached hydrogens (tertiary/aromatic N) is 1. The van der Waals surface area contributed by atoms with Crippen LogP contribution < -0.4 is 0 Å². The maximum absolute atomic E-state index is 12.3. The Kier molecular flexibility index (Phi) is 5.36. The van der Waals surface area contributed by atoms with E-state index < -0.39 is 24.4 Å². The third kappa shape index (κ3) is 4.05. The minimum Gasteiger partial charge on any atom is -0.480 e. The molecule has 0 bridgehead atoms. The summed E-state index contributed by atoms with van der Waals surface area (Å²) >= 11 is 12.1. The first kappa shape index (κ1) is 19.2. The molecule has 10 heteroatoms. The van der Waals surface area contributed by atoms with Crippen LogP contribution in [-0.4, -0.2) is 43.8 Å². The third-order valence-electron chi connectivity index (χ3n) is 3.55. The predicted molar refractivity (Wildman–Crippen MR) is 104 cm³/mol. The number of carboxylic acid groups (broad SMARTS) is 2. The topological polar surface area (TPSA) is 108 Å². The van der Waals surface area contributed by atoms with Crippen molar-refractivity contribution in [2.24, 2.45) is 0 Å². The van der Waals surface area contributed by atoms with Gasteiger partial charge in [0.25, 0.3) is 5.91 Å². The van der Waals surface area contributed by atoms with Crippen LogP contribution in [0.2, 0.25) is 5.02 Å². The summed E-state index contributed by atoms with van der Waals surface area (Å²) in [6.07, 6.45) is 1.44. The van der Waals surface area contributed by atoms with Gasteiger partial charge in [0.15, 0.2) is 0 Å². The fraction of sp³-hybridized carbons (Fsp3) is 0.0588. The summed E-state index contributed by atoms with van der Waals surface area (Å²) in [5.74, 6) is -2.13. The number of thiocarbonyl (C=S) groups is 1. The molecule has 0 atom stereocenters. The number of rotatable bonds is 5. The Morgan fingerprint density at radius 3 is 2.67 bits per heavy atom. The highest BCUT2D eigenvalue weighted by Crippen LogP contribution is 2.35. The molecule has 0 radical (unpaired) electrons. The number of benzene rings is 1. The van der Waals surface area contributed by atoms with E-state index in [1.54, 1.807) is 12.1 Å². The van der Waals surface area contributed by atoms with E-state index in [1.165, 1.54) is 24.3 Å². The van der Waals surface area contributed by atoms with Crippen molar-refractivity contribution < 1.29 is 29.0 Å². The van der Waals surface area contributed by atoms with E-state index in [0.717, 1.165) is 16.7 Å². The number of carbonyl (C=O) groups excluding carboxylic acids is 1. The Labute approximate surface area is 167 Å². The number of carboxylic acids is 2. The van der Waals surface area contributed by atoms with E-state index in [4.69, 9.17) is 38.4 Å². The molecular weight excluding hydrogens is 414 g/mol. The minimum atomic E-state index is -1.17. The van der Waals surface area contributed by atoms with Crippen molar-refractivity contribution in [2.75, 3.05) is 6.54 Å². The molecule has 0 unspecified atom stereocenters. The van der Waals surface area contributed by atoms with Gasteiger partial charge in [0, 0.05) is 11.6 Å². The van der Waals surface area contributed by atoms with Crippen molar-refractivity contribution in [2.45, 2.75) is 0 Å². The molecule has 1 aliphatic heterocycles. The van der Waals surface area contributed by atoms with Crippen molar-refractivity contribution in [1.82, 2.24) is 4.90 Å². The summed E-state index contributed by atoms with van der Waals surface area (Å²) < 4.78 is 5.80. The molecule has 0 saturated carbocycles. The van der Waals surface area contributed by atoms with Crippen LogP contribution in [0.25, 0.3) is 17.4 Å². The summed E-state index contributed by atoms with van der Waals surface area (Å²) in [7, 11) is 0. The average Bonchev–Trinajstić information content (AvgIpc) is 3.15. The zero-order valence-electron chi connectivity index (χ0n) is 13.3. The number of hydrogen-bond donors (Lipinski definition) is 2. The predicted octanol–water partition coefficient (Wildman–Crippen LogP) is 3.58. The number of carbonyl (C=O) groups is 3. The van der Waals surface area contributed by atoms with E-state index in [9.17, 15) is 14.4 Å². The van der Waals surface area contributed by atoms with Gasteiger partial charge in [-0.05, 0) is 30.3 Å². The fourth-order valence-corrected chi connectivity index (χ4v) is 3.77. The van der Waals surface area contributed by atoms with Crippen LogP contribution in [-0.2, 0) is 9.59 Å². The minimum absolute atomic E-state index is 0.0573. The smallest absolute Gasteiger partial charge is 0.335 e. The lowest BCUT2D eigenvalue weighted by Gasteiger charge is -2.09. The lowest BCUT2D eigenvalue weighted by Crippen LogP contribution is -2.33. The molecule has 0 spiro atoms. The van der Waals surface area contributed by atoms with Crippen LogP contribution in [0.4, 0.5) is 0 Å². The van der Waals surface area contributed by atoms with Crippen molar-refractivity contribution >= 4 is 63.8 Å². The molecule has 2 heterocycles. The second-order valence-electron chi connectivity index (χ2n) is 5.36. The van der Waals surface area contributed by atoms with Gasteiger partial charge in [0.2, 0.25) is 0 Å². The summed E-state index contributed by atoms with van der Waals surface area (Å²) in [5, 5.41) is 18.3. The molecule has 1 aliphatic rings. The van der Waals surface area contributed by atoms with Crippen LogP contribution in [0, 0.1) is 0 Å². The van der Waals surface area contributed by atoms with Crippen LogP contribution in [0.1, 0.15) is 16.1 Å². The molecule has 1 aromatic heterocycles. The Morgan fingerprint density at radius 2 is 2.00 bits per heavy atom. The van der Waals surface area contributed by atoms with Crippen LogP contribution in [0.5, 0.6) is 0 Å². The van der Waals surface area contributed by atoms with Gasteiger partial charge in [-0.2, -0.15) is 0 Å². The van der Waals surface area contributed by atoms with E-state index in [1.807, 2.05) is 0 Å². The lowest BCUT2D eigenvalue weighted by molar-refractivity contribution is -0.140. The Balaban J connectivity index is 1.89. The highest BCUT2D eigenvalue weighted by molar-refractivity contribution is 8.26. The maximum Gasteiger partial charge on any atom is 0.335 e. The molecule has 138 valence electrons. The van der Waals surface area contributed by atoms with E-state index in [0.29, 0.717) is 22.1 Å². The van der Waals surface area contributed by atoms with Gasteiger partial charge in [-0.1, -0.05) is 35.6 Å². The monoisotopic (exact) mass is 423 g/mol. The largest absolute Gasteiger partial charge is 0.480 e. The normalized spacial score (nSPS) is 15.6. The number of aromatic carboxylic acids is 1. The summed E-state index contributed by atoms with van der Waals surface area (Å²) in [6.45, 7) is -0.511. The fourth-order valence-electron chi connectivity index (χ4n) is 2.32. The van der Waals surface area contributed by atoms with Gasteiger partial charge in [-0.25, -0.2) is 4.79 Å². The first-order valence-corrected chi connectivity index (χ1v) is 8.96. The summed E-state index contributed by atoms with van der Waals surface area (Å²) in [5.41, 5.74) is 0.455. The quantitative estimate of drug-likeness (QED) is 0.555. The van der Waals surface area contributed by atoms with Crippen LogP contribution in [0.15, 0.2) is 39.7 Å². The van der Waals surface area contributed by atoms with E-state index >= 15 is 0 Å². The number of hydrogen-bond acceptors (Lipinski definition) is 6. The lowest BCUT2D eigenvalue weighted by atomic mass is 10.1. The van der Waals surface area contributed by atoms with Gasteiger partial charge in [0.1, 0.15) is 22.4 Å². The second-order valence-corrected chi connectivity index (χ2v) is 7.45. The molecule has 1 fully saturated rings. The summed E-state index contributed by atoms with van der Waals surface area (Å²) in [6, 6.07) is 7.41. The molecule has 7 nitrogen and oxygen atoms in total. The molecule has 3 rings (SSSR count). The summed E-state index contributed by atoms with van der Waals surface area (Å²) in [4.78, 5) is 35.4. The molecular formula is C17H10ClNO6S2. The highest BCUT2D eigenvalue weighted by atomic mass is 35.5. The van der Waals surface area contributed by atoms with Gasteiger partial charge >= 0.3 is 11.9 Å². The Hall–Kier alpha value is -2.62. The van der Waals surface area contributed by atoms with Gasteiger partial charge < -0.3 is 14.6 Å². The number of amides is 1. The molecule has 1 saturated heterocycles. The van der Waals surface area contributed by atoms with Crippen molar-refractivity contribution in [3.63, 3.8) is 0 Å². The van der Waals surface area contributed by atoms with Gasteiger partial charge in [-0.3, -0.25) is 14.5 Å². The number of aliphatic carboxylic acids is 1. The van der Waals surface area contributed by atoms with E-state index in [-0.39, 0.29) is 14.8 Å². The standard InChI is InChI=1S/C17H10ClNO6S2/c18-11-3-1-8(16(23)24)5-10(11)12-4-2-9(25-12)6-13-15(22)19(7-14(20)21)17(26)27-13/h1-6H,7H2,(H,20,21)(H,23,24). The maximum atomic E-state index is 12.3. The molecule has 1 aromatic carbocycles. The average molecular weight is 424 g/mol. The SMILES string of the molecule is O=C(O)CN1C(=O)C(=Cc2ccc(-c3cc(C(=O)O)ccc3Cl)o2)SC1=S. The third-order valence-corrected chi connectivity index (χ3v) is 5.25. The second kappa shape index (κ2) is 7.55. The van der Waals surface area contributed by atoms with Crippen LogP contribution >= 0.6 is 35.6 Å². The van der Waals surface area contributed by atoms with Crippen molar-refractivity contribution in [1.29, 1.82) is 0 Å². The van der Waals surface area contributed by atoms with Crippen molar-refractivity contribution in [3.05, 3.63) is 51.6 Å². The zero-order chi connectivity index (χ0) is 19.7. The van der Waals surface area contributed by atoms with Gasteiger partial charge in [-0.15, -0.1) is 0 Å². The Morgan fingerprint density at radius 1 is 1.26 bits per heavy atom. The molecule has 2 aromatic rings. The molecule has 27 heavy (non-hydrogen) atoms. The number of furan rings is 1. The van der Waals surface area contributed by atoms with Crippen LogP contribution in [0.3, 0.4) is 0 Å². The molecule has 2 N–H and O–H groups in total. The van der Waals surface area contributed by atoms with Gasteiger partial charge in [0.05, 0.1) is 15.5 Å².